The van der Waals surface area contributed by atoms with Crippen molar-refractivity contribution in [3.05, 3.63) is 0 Å². The molecule has 0 aliphatic heterocycles. The van der Waals surface area contributed by atoms with E-state index in [1.54, 1.807) is 19.9 Å². The van der Waals surface area contributed by atoms with E-state index >= 15 is 0 Å². The standard InChI is InChI=1S/C9H14N4O3/c1-5(2)6(7(11)14)13-9(16)8(15)12-4-3-10/h5-6H,4H2,1-2H3,(H2,11,14)(H,12,15)(H,13,16). The number of hydrogen-bond donors (Lipinski definition) is 3. The Balaban J connectivity index is 4.36. The first-order chi connectivity index (χ1) is 7.40. The van der Waals surface area contributed by atoms with E-state index in [1.807, 2.05) is 0 Å². The Kier molecular flexibility index (Phi) is 5.56. The van der Waals surface area contributed by atoms with Crippen LogP contribution in [0.4, 0.5) is 0 Å². The van der Waals surface area contributed by atoms with E-state index in [-0.39, 0.29) is 12.5 Å². The van der Waals surface area contributed by atoms with E-state index in [0.717, 1.165) is 0 Å². The van der Waals surface area contributed by atoms with E-state index in [9.17, 15) is 14.4 Å². The highest BCUT2D eigenvalue weighted by Crippen LogP contribution is 2.00. The molecule has 0 bridgehead atoms. The molecular weight excluding hydrogens is 212 g/mol. The highest BCUT2D eigenvalue weighted by Gasteiger charge is 2.24. The number of primary amides is 1. The van der Waals surface area contributed by atoms with E-state index < -0.39 is 23.8 Å². The lowest BCUT2D eigenvalue weighted by atomic mass is 10.0. The molecule has 16 heavy (non-hydrogen) atoms. The first kappa shape index (κ1) is 13.9. The molecule has 0 saturated carbocycles. The van der Waals surface area contributed by atoms with E-state index in [2.05, 4.69) is 10.6 Å². The molecule has 4 N–H and O–H groups in total. The van der Waals surface area contributed by atoms with Crippen molar-refractivity contribution >= 4 is 17.7 Å². The van der Waals surface area contributed by atoms with Gasteiger partial charge in [0.25, 0.3) is 0 Å². The average Bonchev–Trinajstić information content (AvgIpc) is 2.20. The third-order valence-electron chi connectivity index (χ3n) is 1.79. The molecule has 1 atom stereocenters. The third kappa shape index (κ3) is 4.41. The molecule has 0 spiro atoms. The number of amides is 3. The van der Waals surface area contributed by atoms with Gasteiger partial charge in [0, 0.05) is 0 Å². The first-order valence-electron chi connectivity index (χ1n) is 4.65. The number of carbonyl (C=O) groups is 3. The van der Waals surface area contributed by atoms with Gasteiger partial charge in [-0.25, -0.2) is 0 Å². The molecular formula is C9H14N4O3. The Morgan fingerprint density at radius 2 is 1.88 bits per heavy atom. The van der Waals surface area contributed by atoms with Crippen LogP contribution in [-0.2, 0) is 14.4 Å². The summed E-state index contributed by atoms with van der Waals surface area (Å²) in [6, 6.07) is 0.746. The Hall–Kier alpha value is -2.10. The predicted octanol–water partition coefficient (Wildman–Crippen LogP) is -1.75. The van der Waals surface area contributed by atoms with Crippen LogP contribution < -0.4 is 16.4 Å². The van der Waals surface area contributed by atoms with Crippen molar-refractivity contribution in [1.29, 1.82) is 5.26 Å². The van der Waals surface area contributed by atoms with Gasteiger partial charge in [-0.2, -0.15) is 5.26 Å². The number of hydrogen-bond acceptors (Lipinski definition) is 4. The molecule has 0 heterocycles. The van der Waals surface area contributed by atoms with Crippen LogP contribution in [0.1, 0.15) is 13.8 Å². The molecule has 0 aliphatic carbocycles. The van der Waals surface area contributed by atoms with Crippen LogP contribution in [0, 0.1) is 17.2 Å². The van der Waals surface area contributed by atoms with Gasteiger partial charge in [-0.15, -0.1) is 0 Å². The van der Waals surface area contributed by atoms with Crippen LogP contribution in [-0.4, -0.2) is 30.3 Å². The molecule has 7 nitrogen and oxygen atoms in total. The summed E-state index contributed by atoms with van der Waals surface area (Å²) in [7, 11) is 0. The predicted molar refractivity (Wildman–Crippen MR) is 54.6 cm³/mol. The molecule has 7 heteroatoms. The highest BCUT2D eigenvalue weighted by atomic mass is 16.2. The summed E-state index contributed by atoms with van der Waals surface area (Å²) in [5.74, 6) is -2.87. The fourth-order valence-electron chi connectivity index (χ4n) is 0.973. The van der Waals surface area contributed by atoms with Crippen molar-refractivity contribution in [3.63, 3.8) is 0 Å². The molecule has 0 rings (SSSR count). The van der Waals surface area contributed by atoms with Crippen molar-refractivity contribution in [2.24, 2.45) is 11.7 Å². The molecule has 1 unspecified atom stereocenters. The molecule has 0 aromatic rings. The minimum Gasteiger partial charge on any atom is -0.368 e. The van der Waals surface area contributed by atoms with Crippen molar-refractivity contribution in [3.8, 4) is 6.07 Å². The van der Waals surface area contributed by atoms with Gasteiger partial charge < -0.3 is 16.4 Å². The second-order valence-electron chi connectivity index (χ2n) is 3.44. The highest BCUT2D eigenvalue weighted by molar-refractivity contribution is 6.35. The number of rotatable bonds is 4. The lowest BCUT2D eigenvalue weighted by Crippen LogP contribution is -2.52. The Bertz CT molecular complexity index is 332. The lowest BCUT2D eigenvalue weighted by molar-refractivity contribution is -0.140. The largest absolute Gasteiger partial charge is 0.368 e. The molecule has 3 amide bonds. The number of nitrogens with one attached hydrogen (secondary N) is 2. The average molecular weight is 226 g/mol. The Morgan fingerprint density at radius 1 is 1.31 bits per heavy atom. The quantitative estimate of drug-likeness (QED) is 0.388. The van der Waals surface area contributed by atoms with Crippen LogP contribution in [0.3, 0.4) is 0 Å². The van der Waals surface area contributed by atoms with Crippen LogP contribution >= 0.6 is 0 Å². The Labute approximate surface area is 93.0 Å². The van der Waals surface area contributed by atoms with Crippen molar-refractivity contribution in [2.45, 2.75) is 19.9 Å². The normalized spacial score (nSPS) is 11.4. The molecule has 0 fully saturated rings. The van der Waals surface area contributed by atoms with Gasteiger partial charge in [-0.3, -0.25) is 14.4 Å². The van der Waals surface area contributed by atoms with E-state index in [0.29, 0.717) is 0 Å². The summed E-state index contributed by atoms with van der Waals surface area (Å²) in [4.78, 5) is 33.2. The van der Waals surface area contributed by atoms with Crippen LogP contribution in [0.15, 0.2) is 0 Å². The maximum absolute atomic E-state index is 11.2. The fraction of sp³-hybridized carbons (Fsp3) is 0.556. The summed E-state index contributed by atoms with van der Waals surface area (Å²) in [5.41, 5.74) is 5.05. The molecule has 0 radical (unpaired) electrons. The topological polar surface area (TPSA) is 125 Å². The summed E-state index contributed by atoms with van der Waals surface area (Å²) in [5, 5.41) is 12.4. The molecule has 0 aliphatic rings. The van der Waals surface area contributed by atoms with Crippen LogP contribution in [0.5, 0.6) is 0 Å². The number of carbonyl (C=O) groups excluding carboxylic acids is 3. The SMILES string of the molecule is CC(C)C(NC(=O)C(=O)NCC#N)C(N)=O. The van der Waals surface area contributed by atoms with E-state index in [1.165, 1.54) is 0 Å². The maximum Gasteiger partial charge on any atom is 0.310 e. The molecule has 0 aromatic carbocycles. The smallest absolute Gasteiger partial charge is 0.310 e. The van der Waals surface area contributed by atoms with Gasteiger partial charge in [0.05, 0.1) is 6.07 Å². The van der Waals surface area contributed by atoms with E-state index in [4.69, 9.17) is 11.0 Å². The Morgan fingerprint density at radius 3 is 2.25 bits per heavy atom. The number of nitrogens with two attached hydrogens (primary N) is 1. The molecule has 0 aromatic heterocycles. The van der Waals surface area contributed by atoms with Gasteiger partial charge in [-0.05, 0) is 5.92 Å². The second kappa shape index (κ2) is 6.40. The zero-order chi connectivity index (χ0) is 12.7. The summed E-state index contributed by atoms with van der Waals surface area (Å²) in [6.07, 6.45) is 0. The monoisotopic (exact) mass is 226 g/mol. The van der Waals surface area contributed by atoms with Gasteiger partial charge in [0.1, 0.15) is 12.6 Å². The first-order valence-corrected chi connectivity index (χ1v) is 4.65. The zero-order valence-corrected chi connectivity index (χ0v) is 9.11. The molecule has 0 saturated heterocycles. The van der Waals surface area contributed by atoms with Crippen LogP contribution in [0.2, 0.25) is 0 Å². The minimum absolute atomic E-state index is 0.217. The van der Waals surface area contributed by atoms with Crippen molar-refractivity contribution < 1.29 is 14.4 Å². The third-order valence-corrected chi connectivity index (χ3v) is 1.79. The second-order valence-corrected chi connectivity index (χ2v) is 3.44. The van der Waals surface area contributed by atoms with Crippen molar-refractivity contribution in [2.75, 3.05) is 6.54 Å². The van der Waals surface area contributed by atoms with Gasteiger partial charge in [0.15, 0.2) is 0 Å². The van der Waals surface area contributed by atoms with Crippen LogP contribution in [0.25, 0.3) is 0 Å². The summed E-state index contributed by atoms with van der Waals surface area (Å²) in [6.45, 7) is 3.10. The minimum atomic E-state index is -0.979. The maximum atomic E-state index is 11.2. The lowest BCUT2D eigenvalue weighted by Gasteiger charge is -2.18. The fourth-order valence-corrected chi connectivity index (χ4v) is 0.973. The van der Waals surface area contributed by atoms with Gasteiger partial charge in [-0.1, -0.05) is 13.8 Å². The molecule has 88 valence electrons. The van der Waals surface area contributed by atoms with Crippen molar-refractivity contribution in [1.82, 2.24) is 10.6 Å². The number of nitriles is 1. The summed E-state index contributed by atoms with van der Waals surface area (Å²) < 4.78 is 0. The number of nitrogens with zero attached hydrogens (tertiary/aromatic N) is 1. The zero-order valence-electron chi connectivity index (χ0n) is 9.11. The van der Waals surface area contributed by atoms with Gasteiger partial charge in [0.2, 0.25) is 5.91 Å². The van der Waals surface area contributed by atoms with Gasteiger partial charge >= 0.3 is 11.8 Å². The summed E-state index contributed by atoms with van der Waals surface area (Å²) >= 11 is 0.